The van der Waals surface area contributed by atoms with E-state index in [4.69, 9.17) is 0 Å². The number of likely N-dealkylation sites (N-methyl/N-ethyl adjacent to an activating group) is 1. The summed E-state index contributed by atoms with van der Waals surface area (Å²) >= 11 is 0. The van der Waals surface area contributed by atoms with Crippen molar-refractivity contribution in [2.24, 2.45) is 0 Å². The van der Waals surface area contributed by atoms with Crippen LogP contribution in [0, 0.1) is 6.92 Å². The molecule has 15 heavy (non-hydrogen) atoms. The molecule has 0 aliphatic heterocycles. The molecule has 0 radical (unpaired) electrons. The zero-order valence-electron chi connectivity index (χ0n) is 9.45. The lowest BCUT2D eigenvalue weighted by atomic mass is 10.3. The van der Waals surface area contributed by atoms with Gasteiger partial charge in [0, 0.05) is 19.8 Å². The second-order valence-electron chi connectivity index (χ2n) is 3.48. The maximum absolute atomic E-state index is 11.5. The predicted molar refractivity (Wildman–Crippen MR) is 60.8 cm³/mol. The van der Waals surface area contributed by atoms with E-state index < -0.39 is 0 Å². The summed E-state index contributed by atoms with van der Waals surface area (Å²) in [7, 11) is 1.79. The first-order chi connectivity index (χ1) is 7.13. The molecular formula is C11H17N3O. The van der Waals surface area contributed by atoms with Gasteiger partial charge in [0.2, 0.25) is 5.91 Å². The summed E-state index contributed by atoms with van der Waals surface area (Å²) in [6, 6.07) is 3.84. The summed E-state index contributed by atoms with van der Waals surface area (Å²) in [5.74, 6) is 0.814. The SMILES string of the molecule is CCN(C)C(=O)CNc1cc(C)ccn1. The Morgan fingerprint density at radius 3 is 2.93 bits per heavy atom. The van der Waals surface area contributed by atoms with Crippen molar-refractivity contribution in [2.75, 3.05) is 25.5 Å². The Morgan fingerprint density at radius 1 is 1.60 bits per heavy atom. The maximum atomic E-state index is 11.5. The summed E-state index contributed by atoms with van der Waals surface area (Å²) < 4.78 is 0. The van der Waals surface area contributed by atoms with Gasteiger partial charge in [0.15, 0.2) is 0 Å². The minimum atomic E-state index is 0.0702. The fraction of sp³-hybridized carbons (Fsp3) is 0.455. The largest absolute Gasteiger partial charge is 0.361 e. The number of pyridine rings is 1. The number of rotatable bonds is 4. The number of carbonyl (C=O) groups excluding carboxylic acids is 1. The lowest BCUT2D eigenvalue weighted by molar-refractivity contribution is -0.127. The van der Waals surface area contributed by atoms with Crippen molar-refractivity contribution in [3.63, 3.8) is 0 Å². The quantitative estimate of drug-likeness (QED) is 0.809. The third-order valence-electron chi connectivity index (χ3n) is 2.24. The van der Waals surface area contributed by atoms with Crippen LogP contribution in [0.4, 0.5) is 5.82 Å². The van der Waals surface area contributed by atoms with E-state index in [-0.39, 0.29) is 5.91 Å². The van der Waals surface area contributed by atoms with E-state index in [0.29, 0.717) is 6.54 Å². The molecule has 0 saturated heterocycles. The van der Waals surface area contributed by atoms with Gasteiger partial charge in [-0.3, -0.25) is 4.79 Å². The van der Waals surface area contributed by atoms with Crippen molar-refractivity contribution in [1.29, 1.82) is 0 Å². The fourth-order valence-corrected chi connectivity index (χ4v) is 1.11. The van der Waals surface area contributed by atoms with Gasteiger partial charge < -0.3 is 10.2 Å². The number of hydrogen-bond acceptors (Lipinski definition) is 3. The monoisotopic (exact) mass is 207 g/mol. The molecule has 0 aromatic carbocycles. The highest BCUT2D eigenvalue weighted by atomic mass is 16.2. The fourth-order valence-electron chi connectivity index (χ4n) is 1.11. The number of nitrogens with zero attached hydrogens (tertiary/aromatic N) is 2. The second kappa shape index (κ2) is 5.34. The molecule has 1 aromatic heterocycles. The summed E-state index contributed by atoms with van der Waals surface area (Å²) in [5, 5.41) is 3.00. The van der Waals surface area contributed by atoms with Gasteiger partial charge in [0.25, 0.3) is 0 Å². The lowest BCUT2D eigenvalue weighted by Gasteiger charge is -2.14. The molecule has 0 atom stereocenters. The molecule has 1 aromatic rings. The Labute approximate surface area is 90.3 Å². The second-order valence-corrected chi connectivity index (χ2v) is 3.48. The van der Waals surface area contributed by atoms with Crippen molar-refractivity contribution in [3.05, 3.63) is 23.9 Å². The molecule has 0 bridgehead atoms. The Balaban J connectivity index is 2.47. The predicted octanol–water partition coefficient (Wildman–Crippen LogP) is 1.28. The topological polar surface area (TPSA) is 45.2 Å². The average Bonchev–Trinajstić information content (AvgIpc) is 2.25. The van der Waals surface area contributed by atoms with Gasteiger partial charge in [0.05, 0.1) is 6.54 Å². The number of aryl methyl sites for hydroxylation is 1. The molecular weight excluding hydrogens is 190 g/mol. The third-order valence-corrected chi connectivity index (χ3v) is 2.24. The van der Waals surface area contributed by atoms with Crippen molar-refractivity contribution in [1.82, 2.24) is 9.88 Å². The highest BCUT2D eigenvalue weighted by Gasteiger charge is 2.05. The van der Waals surface area contributed by atoms with Crippen molar-refractivity contribution >= 4 is 11.7 Å². The summed E-state index contributed by atoms with van der Waals surface area (Å²) in [4.78, 5) is 17.3. The van der Waals surface area contributed by atoms with Gasteiger partial charge in [-0.05, 0) is 31.5 Å². The van der Waals surface area contributed by atoms with Crippen LogP contribution >= 0.6 is 0 Å². The van der Waals surface area contributed by atoms with Crippen LogP contribution in [0.2, 0.25) is 0 Å². The molecule has 0 fully saturated rings. The van der Waals surface area contributed by atoms with Crippen molar-refractivity contribution in [3.8, 4) is 0 Å². The molecule has 0 aliphatic carbocycles. The summed E-state index contributed by atoms with van der Waals surface area (Å²) in [6.45, 7) is 4.96. The van der Waals surface area contributed by atoms with E-state index in [1.807, 2.05) is 26.0 Å². The number of aromatic nitrogens is 1. The van der Waals surface area contributed by atoms with E-state index >= 15 is 0 Å². The Hall–Kier alpha value is -1.58. The van der Waals surface area contributed by atoms with Gasteiger partial charge in [-0.25, -0.2) is 4.98 Å². The van der Waals surface area contributed by atoms with Crippen molar-refractivity contribution < 1.29 is 4.79 Å². The highest BCUT2D eigenvalue weighted by Crippen LogP contribution is 2.04. The van der Waals surface area contributed by atoms with Crippen LogP contribution < -0.4 is 5.32 Å². The van der Waals surface area contributed by atoms with E-state index in [1.54, 1.807) is 18.1 Å². The third kappa shape index (κ3) is 3.58. The molecule has 0 saturated carbocycles. The molecule has 0 aliphatic rings. The minimum absolute atomic E-state index is 0.0702. The molecule has 0 spiro atoms. The number of carbonyl (C=O) groups is 1. The zero-order chi connectivity index (χ0) is 11.3. The van der Waals surface area contributed by atoms with E-state index in [1.165, 1.54) is 0 Å². The molecule has 4 heteroatoms. The molecule has 1 N–H and O–H groups in total. The minimum Gasteiger partial charge on any atom is -0.361 e. The zero-order valence-corrected chi connectivity index (χ0v) is 9.45. The first-order valence-electron chi connectivity index (χ1n) is 5.04. The van der Waals surface area contributed by atoms with Gasteiger partial charge >= 0.3 is 0 Å². The first kappa shape index (κ1) is 11.5. The normalized spacial score (nSPS) is 9.80. The summed E-state index contributed by atoms with van der Waals surface area (Å²) in [5.41, 5.74) is 1.13. The van der Waals surface area contributed by atoms with Crippen LogP contribution in [0.15, 0.2) is 18.3 Å². The number of amides is 1. The van der Waals surface area contributed by atoms with Crippen LogP contribution in [0.1, 0.15) is 12.5 Å². The molecule has 1 rings (SSSR count). The van der Waals surface area contributed by atoms with Crippen LogP contribution in [0.5, 0.6) is 0 Å². The van der Waals surface area contributed by atoms with Crippen LogP contribution in [-0.4, -0.2) is 35.9 Å². The van der Waals surface area contributed by atoms with E-state index in [2.05, 4.69) is 10.3 Å². The Kier molecular flexibility index (Phi) is 4.09. The number of hydrogen-bond donors (Lipinski definition) is 1. The van der Waals surface area contributed by atoms with Gasteiger partial charge in [-0.2, -0.15) is 0 Å². The molecule has 0 unspecified atom stereocenters. The standard InChI is InChI=1S/C11H17N3O/c1-4-14(3)11(15)8-13-10-7-9(2)5-6-12-10/h5-7H,4,8H2,1-3H3,(H,12,13). The van der Waals surface area contributed by atoms with Crippen LogP contribution in [0.3, 0.4) is 0 Å². The lowest BCUT2D eigenvalue weighted by Crippen LogP contribution is -2.32. The van der Waals surface area contributed by atoms with Gasteiger partial charge in [-0.1, -0.05) is 0 Å². The summed E-state index contributed by atoms with van der Waals surface area (Å²) in [6.07, 6.45) is 1.73. The number of nitrogens with one attached hydrogen (secondary N) is 1. The smallest absolute Gasteiger partial charge is 0.241 e. The molecule has 1 heterocycles. The molecule has 4 nitrogen and oxygen atoms in total. The Morgan fingerprint density at radius 2 is 2.33 bits per heavy atom. The molecule has 82 valence electrons. The molecule has 1 amide bonds. The van der Waals surface area contributed by atoms with E-state index in [0.717, 1.165) is 17.9 Å². The first-order valence-corrected chi connectivity index (χ1v) is 5.04. The van der Waals surface area contributed by atoms with Gasteiger partial charge in [0.1, 0.15) is 5.82 Å². The van der Waals surface area contributed by atoms with Gasteiger partial charge in [-0.15, -0.1) is 0 Å². The average molecular weight is 207 g/mol. The highest BCUT2D eigenvalue weighted by molar-refractivity contribution is 5.80. The van der Waals surface area contributed by atoms with Crippen LogP contribution in [-0.2, 0) is 4.79 Å². The number of anilines is 1. The van der Waals surface area contributed by atoms with Crippen LogP contribution in [0.25, 0.3) is 0 Å². The van der Waals surface area contributed by atoms with Crippen molar-refractivity contribution in [2.45, 2.75) is 13.8 Å². The maximum Gasteiger partial charge on any atom is 0.241 e. The van der Waals surface area contributed by atoms with E-state index in [9.17, 15) is 4.79 Å². The Bertz CT molecular complexity index is 338.